The first-order chi connectivity index (χ1) is 12.7. The first-order valence-corrected chi connectivity index (χ1v) is 9.52. The van der Waals surface area contributed by atoms with Crippen molar-refractivity contribution in [2.24, 2.45) is 0 Å². The van der Waals surface area contributed by atoms with E-state index in [4.69, 9.17) is 4.74 Å². The molecule has 0 unspecified atom stereocenters. The molecule has 0 spiro atoms. The summed E-state index contributed by atoms with van der Waals surface area (Å²) in [4.78, 5) is 0. The SMILES string of the molecule is C=CCn1c(Cc2ccc(OC)cc2)nnc1SCc1cccc(C)c1. The molecule has 1 heterocycles. The van der Waals surface area contributed by atoms with Gasteiger partial charge in [0.1, 0.15) is 11.6 Å². The standard InChI is InChI=1S/C21H23N3OS/c1-4-12-24-20(14-17-8-10-19(25-3)11-9-17)22-23-21(24)26-15-18-7-5-6-16(2)13-18/h4-11,13H,1,12,14-15H2,2-3H3. The number of thioether (sulfide) groups is 1. The summed E-state index contributed by atoms with van der Waals surface area (Å²) >= 11 is 1.71. The minimum atomic E-state index is 0.703. The van der Waals surface area contributed by atoms with Crippen molar-refractivity contribution in [1.82, 2.24) is 14.8 Å². The summed E-state index contributed by atoms with van der Waals surface area (Å²) in [5, 5.41) is 9.75. The molecule has 2 aromatic carbocycles. The number of ether oxygens (including phenoxy) is 1. The molecule has 0 N–H and O–H groups in total. The number of aryl methyl sites for hydroxylation is 1. The van der Waals surface area contributed by atoms with Crippen LogP contribution in [0, 0.1) is 6.92 Å². The molecule has 0 fully saturated rings. The van der Waals surface area contributed by atoms with Crippen molar-refractivity contribution in [2.75, 3.05) is 7.11 Å². The van der Waals surface area contributed by atoms with Crippen LogP contribution in [0.3, 0.4) is 0 Å². The number of methoxy groups -OCH3 is 1. The fraction of sp³-hybridized carbons (Fsp3) is 0.238. The zero-order valence-electron chi connectivity index (χ0n) is 15.2. The third-order valence-electron chi connectivity index (χ3n) is 4.08. The maximum Gasteiger partial charge on any atom is 0.191 e. The molecule has 0 atom stereocenters. The van der Waals surface area contributed by atoms with Gasteiger partial charge >= 0.3 is 0 Å². The van der Waals surface area contributed by atoms with Gasteiger partial charge in [-0.15, -0.1) is 16.8 Å². The molecule has 0 amide bonds. The van der Waals surface area contributed by atoms with Crippen LogP contribution in [0.2, 0.25) is 0 Å². The highest BCUT2D eigenvalue weighted by atomic mass is 32.2. The van der Waals surface area contributed by atoms with Crippen molar-refractivity contribution in [2.45, 2.75) is 30.8 Å². The number of hydrogen-bond donors (Lipinski definition) is 0. The van der Waals surface area contributed by atoms with Crippen LogP contribution in [-0.2, 0) is 18.7 Å². The van der Waals surface area contributed by atoms with E-state index in [0.29, 0.717) is 6.54 Å². The molecule has 3 rings (SSSR count). The summed E-state index contributed by atoms with van der Waals surface area (Å²) < 4.78 is 7.35. The lowest BCUT2D eigenvalue weighted by Crippen LogP contribution is -2.05. The summed E-state index contributed by atoms with van der Waals surface area (Å²) in [6.45, 7) is 6.69. The highest BCUT2D eigenvalue weighted by Gasteiger charge is 2.12. The number of allylic oxidation sites excluding steroid dienone is 1. The molecule has 4 nitrogen and oxygen atoms in total. The van der Waals surface area contributed by atoms with Crippen molar-refractivity contribution in [3.8, 4) is 5.75 Å². The van der Waals surface area contributed by atoms with Gasteiger partial charge in [-0.25, -0.2) is 0 Å². The van der Waals surface area contributed by atoms with Crippen molar-refractivity contribution >= 4 is 11.8 Å². The summed E-state index contributed by atoms with van der Waals surface area (Å²) in [6, 6.07) is 16.6. The monoisotopic (exact) mass is 365 g/mol. The highest BCUT2D eigenvalue weighted by molar-refractivity contribution is 7.98. The van der Waals surface area contributed by atoms with E-state index in [2.05, 4.69) is 64.7 Å². The van der Waals surface area contributed by atoms with Gasteiger partial charge in [-0.2, -0.15) is 0 Å². The lowest BCUT2D eigenvalue weighted by Gasteiger charge is -2.08. The van der Waals surface area contributed by atoms with Crippen LogP contribution in [0.25, 0.3) is 0 Å². The third kappa shape index (κ3) is 4.55. The molecule has 3 aromatic rings. The topological polar surface area (TPSA) is 39.9 Å². The zero-order chi connectivity index (χ0) is 18.4. The van der Waals surface area contributed by atoms with Crippen LogP contribution < -0.4 is 4.74 Å². The Kier molecular flexibility index (Phi) is 6.12. The van der Waals surface area contributed by atoms with E-state index in [0.717, 1.165) is 28.9 Å². The van der Waals surface area contributed by atoms with E-state index >= 15 is 0 Å². The molecule has 0 saturated heterocycles. The Bertz CT molecular complexity index is 871. The molecule has 0 aliphatic heterocycles. The van der Waals surface area contributed by atoms with E-state index < -0.39 is 0 Å². The highest BCUT2D eigenvalue weighted by Crippen LogP contribution is 2.24. The molecular weight excluding hydrogens is 342 g/mol. The van der Waals surface area contributed by atoms with Gasteiger partial charge in [0.25, 0.3) is 0 Å². The van der Waals surface area contributed by atoms with Crippen molar-refractivity contribution in [3.05, 3.63) is 83.7 Å². The summed E-state index contributed by atoms with van der Waals surface area (Å²) in [6.07, 6.45) is 2.62. The fourth-order valence-corrected chi connectivity index (χ4v) is 3.65. The van der Waals surface area contributed by atoms with Gasteiger partial charge in [0.15, 0.2) is 5.16 Å². The average Bonchev–Trinajstić information content (AvgIpc) is 3.03. The van der Waals surface area contributed by atoms with Crippen LogP contribution in [0.1, 0.15) is 22.5 Å². The lowest BCUT2D eigenvalue weighted by atomic mass is 10.1. The quantitative estimate of drug-likeness (QED) is 0.430. The van der Waals surface area contributed by atoms with Gasteiger partial charge in [0.05, 0.1) is 7.11 Å². The molecule has 134 valence electrons. The summed E-state index contributed by atoms with van der Waals surface area (Å²) in [7, 11) is 1.67. The normalized spacial score (nSPS) is 10.7. The summed E-state index contributed by atoms with van der Waals surface area (Å²) in [5.41, 5.74) is 3.74. The van der Waals surface area contributed by atoms with Crippen LogP contribution >= 0.6 is 11.8 Å². The molecule has 0 radical (unpaired) electrons. The predicted octanol–water partition coefficient (Wildman–Crippen LogP) is 4.66. The molecule has 0 saturated carbocycles. The number of rotatable bonds is 8. The fourth-order valence-electron chi connectivity index (χ4n) is 2.74. The second-order valence-corrected chi connectivity index (χ2v) is 7.04. The largest absolute Gasteiger partial charge is 0.497 e. The molecule has 1 aromatic heterocycles. The maximum atomic E-state index is 5.22. The van der Waals surface area contributed by atoms with Crippen LogP contribution in [0.5, 0.6) is 5.75 Å². The Labute approximate surface area is 158 Å². The van der Waals surface area contributed by atoms with E-state index in [9.17, 15) is 0 Å². The predicted molar refractivity (Wildman–Crippen MR) is 107 cm³/mol. The minimum absolute atomic E-state index is 0.703. The second kappa shape index (κ2) is 8.72. The van der Waals surface area contributed by atoms with Crippen LogP contribution in [-0.4, -0.2) is 21.9 Å². The van der Waals surface area contributed by atoms with Gasteiger partial charge in [-0.05, 0) is 30.2 Å². The van der Waals surface area contributed by atoms with Crippen molar-refractivity contribution in [3.63, 3.8) is 0 Å². The second-order valence-electron chi connectivity index (χ2n) is 6.10. The van der Waals surface area contributed by atoms with Crippen LogP contribution in [0.15, 0.2) is 66.3 Å². The Morgan fingerprint density at radius 3 is 2.62 bits per heavy atom. The molecule has 0 aliphatic carbocycles. The van der Waals surface area contributed by atoms with Crippen LogP contribution in [0.4, 0.5) is 0 Å². The number of aromatic nitrogens is 3. The van der Waals surface area contributed by atoms with Crippen molar-refractivity contribution in [1.29, 1.82) is 0 Å². The first kappa shape index (κ1) is 18.3. The molecule has 5 heteroatoms. The smallest absolute Gasteiger partial charge is 0.191 e. The third-order valence-corrected chi connectivity index (χ3v) is 5.11. The average molecular weight is 366 g/mol. The van der Waals surface area contributed by atoms with E-state index in [1.54, 1.807) is 18.9 Å². The van der Waals surface area contributed by atoms with Gasteiger partial charge in [-0.3, -0.25) is 0 Å². The number of benzene rings is 2. The van der Waals surface area contributed by atoms with E-state index in [1.165, 1.54) is 16.7 Å². The van der Waals surface area contributed by atoms with Gasteiger partial charge in [0, 0.05) is 18.7 Å². The van der Waals surface area contributed by atoms with Gasteiger partial charge < -0.3 is 9.30 Å². The molecule has 26 heavy (non-hydrogen) atoms. The summed E-state index contributed by atoms with van der Waals surface area (Å²) in [5.74, 6) is 2.68. The first-order valence-electron chi connectivity index (χ1n) is 8.54. The molecule has 0 aliphatic rings. The van der Waals surface area contributed by atoms with Gasteiger partial charge in [-0.1, -0.05) is 59.8 Å². The molecule has 0 bridgehead atoms. The Morgan fingerprint density at radius 1 is 1.12 bits per heavy atom. The minimum Gasteiger partial charge on any atom is -0.497 e. The van der Waals surface area contributed by atoms with Gasteiger partial charge in [0.2, 0.25) is 0 Å². The Hall–Kier alpha value is -2.53. The Morgan fingerprint density at radius 2 is 1.92 bits per heavy atom. The zero-order valence-corrected chi connectivity index (χ0v) is 16.0. The number of nitrogens with zero attached hydrogens (tertiary/aromatic N) is 3. The lowest BCUT2D eigenvalue weighted by molar-refractivity contribution is 0.414. The maximum absolute atomic E-state index is 5.22. The van der Waals surface area contributed by atoms with E-state index in [-0.39, 0.29) is 0 Å². The van der Waals surface area contributed by atoms with E-state index in [1.807, 2.05) is 18.2 Å². The number of hydrogen-bond acceptors (Lipinski definition) is 4. The Balaban J connectivity index is 1.75. The molecular formula is C21H23N3OS. The van der Waals surface area contributed by atoms with Crippen molar-refractivity contribution < 1.29 is 4.74 Å².